The molecule has 8 heteroatoms. The lowest BCUT2D eigenvalue weighted by Gasteiger charge is -2.17. The van der Waals surface area contributed by atoms with E-state index in [4.69, 9.17) is 34.3 Å². The van der Waals surface area contributed by atoms with Crippen molar-refractivity contribution in [3.8, 4) is 0 Å². The van der Waals surface area contributed by atoms with Crippen molar-refractivity contribution in [2.45, 2.75) is 40.5 Å². The van der Waals surface area contributed by atoms with Crippen molar-refractivity contribution in [3.63, 3.8) is 0 Å². The molecular weight excluding hydrogens is 477 g/mol. The quantitative estimate of drug-likeness (QED) is 0.118. The second-order valence-electron chi connectivity index (χ2n) is 7.84. The molecule has 3 atom stereocenters. The first-order valence-electron chi connectivity index (χ1n) is 10.8. The van der Waals surface area contributed by atoms with Crippen LogP contribution in [0.1, 0.15) is 46.2 Å². The number of hydrogen-bond acceptors (Lipinski definition) is 5. The number of aliphatic carboxylic acids is 1. The number of nitrogens with one attached hydrogen (secondary N) is 1. The summed E-state index contributed by atoms with van der Waals surface area (Å²) >= 11 is 13.5. The number of allylic oxidation sites excluding steroid dienone is 7. The van der Waals surface area contributed by atoms with E-state index >= 15 is 0 Å². The Morgan fingerprint density at radius 1 is 1.27 bits per heavy atom. The molecule has 0 aliphatic heterocycles. The Kier molecular flexibility index (Phi) is 13.2. The number of carbonyl (C=O) groups is 1. The van der Waals surface area contributed by atoms with Gasteiger partial charge in [0.2, 0.25) is 0 Å². The van der Waals surface area contributed by atoms with Gasteiger partial charge in [0.1, 0.15) is 5.82 Å². The molecule has 0 aliphatic carbocycles. The SMILES string of the molecule is CCC(C=CC(=CC(=O)O)c1cccc(N)n1)C(=N)SCCC(C)C(C)C=CC(Cl)=C(C)Cl. The molecular formula is C25H33Cl2N3O2S. The molecule has 0 spiro atoms. The van der Waals surface area contributed by atoms with Crippen molar-refractivity contribution in [3.05, 3.63) is 64.3 Å². The predicted octanol–water partition coefficient (Wildman–Crippen LogP) is 7.35. The van der Waals surface area contributed by atoms with E-state index < -0.39 is 5.97 Å². The minimum Gasteiger partial charge on any atom is -0.478 e. The molecule has 0 saturated heterocycles. The second kappa shape index (κ2) is 15.0. The van der Waals surface area contributed by atoms with E-state index in [0.717, 1.165) is 24.7 Å². The number of hydrogen-bond donors (Lipinski definition) is 3. The molecule has 180 valence electrons. The Morgan fingerprint density at radius 2 is 1.97 bits per heavy atom. The van der Waals surface area contributed by atoms with Gasteiger partial charge in [0, 0.05) is 22.6 Å². The number of rotatable bonds is 12. The number of nitrogens with zero attached hydrogens (tertiary/aromatic N) is 1. The first-order chi connectivity index (χ1) is 15.5. The Bertz CT molecular complexity index is 937. The summed E-state index contributed by atoms with van der Waals surface area (Å²) < 4.78 is 0. The minimum absolute atomic E-state index is 0.100. The molecule has 0 aromatic carbocycles. The molecule has 33 heavy (non-hydrogen) atoms. The van der Waals surface area contributed by atoms with E-state index in [9.17, 15) is 9.90 Å². The van der Waals surface area contributed by atoms with Gasteiger partial charge in [-0.1, -0.05) is 68.3 Å². The number of nitrogen functional groups attached to an aromatic ring is 1. The molecule has 3 unspecified atom stereocenters. The van der Waals surface area contributed by atoms with Crippen molar-refractivity contribution in [2.24, 2.45) is 17.8 Å². The van der Waals surface area contributed by atoms with E-state index in [-0.39, 0.29) is 5.92 Å². The summed E-state index contributed by atoms with van der Waals surface area (Å²) in [4.78, 5) is 15.5. The number of pyridine rings is 1. The lowest BCUT2D eigenvalue weighted by Crippen LogP contribution is -2.10. The van der Waals surface area contributed by atoms with Crippen molar-refractivity contribution in [1.29, 1.82) is 5.41 Å². The summed E-state index contributed by atoms with van der Waals surface area (Å²) in [5.41, 5.74) is 6.67. The Labute approximate surface area is 211 Å². The van der Waals surface area contributed by atoms with E-state index in [1.165, 1.54) is 11.8 Å². The van der Waals surface area contributed by atoms with Crippen LogP contribution >= 0.6 is 35.0 Å². The number of carboxylic acid groups (broad SMARTS) is 1. The molecule has 0 fully saturated rings. The Morgan fingerprint density at radius 3 is 2.55 bits per heavy atom. The van der Waals surface area contributed by atoms with Crippen LogP contribution in [-0.4, -0.2) is 26.9 Å². The van der Waals surface area contributed by atoms with Crippen LogP contribution in [0.4, 0.5) is 5.82 Å². The highest BCUT2D eigenvalue weighted by Gasteiger charge is 2.14. The predicted molar refractivity (Wildman–Crippen MR) is 144 cm³/mol. The average Bonchev–Trinajstić information content (AvgIpc) is 2.76. The highest BCUT2D eigenvalue weighted by atomic mass is 35.5. The fourth-order valence-corrected chi connectivity index (χ4v) is 4.15. The lowest BCUT2D eigenvalue weighted by molar-refractivity contribution is -0.131. The molecule has 1 heterocycles. The lowest BCUT2D eigenvalue weighted by atomic mass is 9.93. The van der Waals surface area contributed by atoms with E-state index in [1.807, 2.05) is 19.1 Å². The highest BCUT2D eigenvalue weighted by molar-refractivity contribution is 8.13. The van der Waals surface area contributed by atoms with Crippen LogP contribution < -0.4 is 5.73 Å². The number of anilines is 1. The third-order valence-corrected chi connectivity index (χ3v) is 7.00. The smallest absolute Gasteiger partial charge is 0.328 e. The molecule has 4 N–H and O–H groups in total. The van der Waals surface area contributed by atoms with Gasteiger partial charge in [-0.05, 0) is 55.6 Å². The normalized spacial score (nSPS) is 16.0. The Balaban J connectivity index is 2.73. The molecule has 0 amide bonds. The Hall–Kier alpha value is -2.02. The van der Waals surface area contributed by atoms with Gasteiger partial charge >= 0.3 is 5.97 Å². The van der Waals surface area contributed by atoms with Crippen LogP contribution in [0.5, 0.6) is 0 Å². The van der Waals surface area contributed by atoms with E-state index in [2.05, 4.69) is 24.9 Å². The van der Waals surface area contributed by atoms with Crippen molar-refractivity contribution >= 4 is 57.4 Å². The van der Waals surface area contributed by atoms with Crippen LogP contribution in [0.3, 0.4) is 0 Å². The monoisotopic (exact) mass is 509 g/mol. The first kappa shape index (κ1) is 29.0. The van der Waals surface area contributed by atoms with Crippen LogP contribution in [0.25, 0.3) is 5.57 Å². The summed E-state index contributed by atoms with van der Waals surface area (Å²) in [6.07, 6.45) is 10.3. The number of halogens is 2. The number of nitrogens with two attached hydrogens (primary N) is 1. The average molecular weight is 511 g/mol. The molecule has 1 aromatic heterocycles. The van der Waals surface area contributed by atoms with Crippen molar-refractivity contribution < 1.29 is 9.90 Å². The fraction of sp³-hybridized carbons (Fsp3) is 0.400. The standard InChI is InChI=1S/C25H33Cl2N3O2S/c1-5-19(10-11-20(15-24(31)32)22-7-6-8-23(28)30-22)25(29)33-14-13-17(3)16(2)9-12-21(27)18(4)26/h6-12,15-17,19,29H,5,13-14H2,1-4H3,(H2,28,30)(H,31,32). The summed E-state index contributed by atoms with van der Waals surface area (Å²) in [5, 5.41) is 19.4. The zero-order valence-electron chi connectivity index (χ0n) is 19.5. The fourth-order valence-electron chi connectivity index (χ4n) is 2.85. The number of thioether (sulfide) groups is 1. The zero-order chi connectivity index (χ0) is 25.0. The van der Waals surface area contributed by atoms with Crippen LogP contribution in [0.15, 0.2) is 58.6 Å². The molecule has 0 radical (unpaired) electrons. The maximum atomic E-state index is 11.3. The molecule has 0 bridgehead atoms. The first-order valence-corrected chi connectivity index (χ1v) is 12.6. The van der Waals surface area contributed by atoms with Crippen LogP contribution in [0, 0.1) is 23.2 Å². The summed E-state index contributed by atoms with van der Waals surface area (Å²) in [5.74, 6) is 0.748. The van der Waals surface area contributed by atoms with Gasteiger partial charge in [-0.25, -0.2) is 9.78 Å². The third kappa shape index (κ3) is 11.1. The largest absolute Gasteiger partial charge is 0.478 e. The van der Waals surface area contributed by atoms with Gasteiger partial charge in [-0.15, -0.1) is 11.8 Å². The maximum Gasteiger partial charge on any atom is 0.328 e. The van der Waals surface area contributed by atoms with Crippen LogP contribution in [0.2, 0.25) is 0 Å². The third-order valence-electron chi connectivity index (χ3n) is 5.23. The van der Waals surface area contributed by atoms with Gasteiger partial charge in [-0.3, -0.25) is 5.41 Å². The van der Waals surface area contributed by atoms with Gasteiger partial charge < -0.3 is 10.8 Å². The van der Waals surface area contributed by atoms with E-state index in [1.54, 1.807) is 31.2 Å². The topological polar surface area (TPSA) is 100 Å². The molecule has 1 rings (SSSR count). The molecule has 0 aliphatic rings. The zero-order valence-corrected chi connectivity index (χ0v) is 21.8. The van der Waals surface area contributed by atoms with Gasteiger partial charge in [0.25, 0.3) is 0 Å². The molecule has 5 nitrogen and oxygen atoms in total. The number of aromatic nitrogens is 1. The van der Waals surface area contributed by atoms with Gasteiger partial charge in [0.05, 0.1) is 15.8 Å². The minimum atomic E-state index is -1.06. The molecule has 1 aromatic rings. The maximum absolute atomic E-state index is 11.3. The van der Waals surface area contributed by atoms with Crippen molar-refractivity contribution in [2.75, 3.05) is 11.5 Å². The summed E-state index contributed by atoms with van der Waals surface area (Å²) in [6.45, 7) is 8.09. The van der Waals surface area contributed by atoms with Crippen molar-refractivity contribution in [1.82, 2.24) is 4.98 Å². The number of carboxylic acids is 1. The summed E-state index contributed by atoms with van der Waals surface area (Å²) in [6, 6.07) is 5.09. The second-order valence-corrected chi connectivity index (χ2v) is 9.95. The molecule has 0 saturated carbocycles. The highest BCUT2D eigenvalue weighted by Crippen LogP contribution is 2.25. The van der Waals surface area contributed by atoms with Crippen LogP contribution in [-0.2, 0) is 4.79 Å². The van der Waals surface area contributed by atoms with E-state index in [0.29, 0.717) is 44.0 Å². The van der Waals surface area contributed by atoms with Gasteiger partial charge in [-0.2, -0.15) is 0 Å². The summed E-state index contributed by atoms with van der Waals surface area (Å²) in [7, 11) is 0. The van der Waals surface area contributed by atoms with Gasteiger partial charge in [0.15, 0.2) is 0 Å².